The molecule has 10 heteroatoms. The molecule has 198 valence electrons. The summed E-state index contributed by atoms with van der Waals surface area (Å²) in [7, 11) is 0. The summed E-state index contributed by atoms with van der Waals surface area (Å²) in [6.45, 7) is 1.76. The molecule has 2 N–H and O–H groups in total. The van der Waals surface area contributed by atoms with Gasteiger partial charge in [0.15, 0.2) is 5.58 Å². The molecule has 2 aliphatic rings. The van der Waals surface area contributed by atoms with E-state index in [1.165, 1.54) is 25.7 Å². The molecule has 2 aromatic carbocycles. The Hall–Kier alpha value is -2.45. The number of rotatable bonds is 8. The zero-order chi connectivity index (χ0) is 23.6. The fraction of sp³-hybridized carbons (Fsp3) is 0.407. The first-order valence-corrected chi connectivity index (χ1v) is 12.9. The van der Waals surface area contributed by atoms with E-state index in [0.29, 0.717) is 29.1 Å². The van der Waals surface area contributed by atoms with Crippen molar-refractivity contribution >= 4 is 69.8 Å². The van der Waals surface area contributed by atoms with E-state index >= 15 is 0 Å². The lowest BCUT2D eigenvalue weighted by atomic mass is 10.1. The van der Waals surface area contributed by atoms with Crippen molar-refractivity contribution in [2.45, 2.75) is 57.1 Å². The van der Waals surface area contributed by atoms with E-state index in [-0.39, 0.29) is 30.9 Å². The molecule has 1 atom stereocenters. The summed E-state index contributed by atoms with van der Waals surface area (Å²) in [5, 5.41) is 9.23. The molecule has 6 rings (SSSR count). The minimum absolute atomic E-state index is 0. The first-order chi connectivity index (χ1) is 17.2. The van der Waals surface area contributed by atoms with E-state index in [1.54, 1.807) is 12.6 Å². The predicted octanol–water partition coefficient (Wildman–Crippen LogP) is 7.46. The molecule has 1 aliphatic heterocycles. The van der Waals surface area contributed by atoms with E-state index < -0.39 is 0 Å². The Labute approximate surface area is 233 Å². The van der Waals surface area contributed by atoms with E-state index in [0.717, 1.165) is 59.3 Å². The fourth-order valence-corrected chi connectivity index (χ4v) is 5.35. The number of hydrogen-bond acceptors (Lipinski definition) is 7. The fourth-order valence-electron chi connectivity index (χ4n) is 5.16. The monoisotopic (exact) mass is 564 g/mol. The number of para-hydroxylation sites is 1. The van der Waals surface area contributed by atoms with Crippen molar-refractivity contribution in [3.05, 3.63) is 47.9 Å². The Morgan fingerprint density at radius 1 is 1.08 bits per heavy atom. The van der Waals surface area contributed by atoms with Crippen molar-refractivity contribution < 1.29 is 13.9 Å². The second kappa shape index (κ2) is 12.4. The van der Waals surface area contributed by atoms with Crippen LogP contribution in [0.15, 0.2) is 47.3 Å². The van der Waals surface area contributed by atoms with Crippen LogP contribution in [0.3, 0.4) is 0 Å². The number of nitrogens with zero attached hydrogens (tertiary/aromatic N) is 2. The van der Waals surface area contributed by atoms with Gasteiger partial charge in [0.05, 0.1) is 34.3 Å². The van der Waals surface area contributed by atoms with E-state index in [9.17, 15) is 0 Å². The highest BCUT2D eigenvalue weighted by atomic mass is 35.5. The Balaban J connectivity index is 0.00000160. The van der Waals surface area contributed by atoms with Crippen LogP contribution in [0.1, 0.15) is 44.9 Å². The topological polar surface area (TPSA) is 81.4 Å². The lowest BCUT2D eigenvalue weighted by molar-refractivity contribution is 0.211. The number of benzene rings is 2. The summed E-state index contributed by atoms with van der Waals surface area (Å²) >= 11 is 6.28. The number of furan rings is 1. The third kappa shape index (κ3) is 6.01. The van der Waals surface area contributed by atoms with Crippen LogP contribution in [0.5, 0.6) is 11.5 Å². The standard InChI is InChI=1S/C27H29ClN4O3.2ClH/c28-21-15-34-26-20(21)8-3-9-22(26)32-27-25-23(30-16-31-27)13-19(33-12-10-17-5-4-11-29-17)14-24(25)35-18-6-1-2-7-18;;/h3,8-9,13-18,29H,1-2,4-7,10-12H2,(H,30,31,32);2*1H. The van der Waals surface area contributed by atoms with Crippen molar-refractivity contribution in [1.82, 2.24) is 15.3 Å². The molecule has 7 nitrogen and oxygen atoms in total. The molecule has 0 bridgehead atoms. The van der Waals surface area contributed by atoms with E-state index in [4.69, 9.17) is 25.5 Å². The molecular formula is C27H31Cl3N4O3. The summed E-state index contributed by atoms with van der Waals surface area (Å²) in [4.78, 5) is 9.13. The highest BCUT2D eigenvalue weighted by Gasteiger charge is 2.21. The largest absolute Gasteiger partial charge is 0.493 e. The van der Waals surface area contributed by atoms with Crippen LogP contribution in [-0.4, -0.2) is 35.3 Å². The summed E-state index contributed by atoms with van der Waals surface area (Å²) in [5.41, 5.74) is 2.24. The lowest BCUT2D eigenvalue weighted by Gasteiger charge is -2.19. The number of halogens is 3. The summed E-state index contributed by atoms with van der Waals surface area (Å²) in [5.74, 6) is 2.17. The van der Waals surface area contributed by atoms with Gasteiger partial charge in [-0.1, -0.05) is 17.7 Å². The number of aromatic nitrogens is 2. The van der Waals surface area contributed by atoms with Gasteiger partial charge in [-0.25, -0.2) is 9.97 Å². The number of nitrogens with one attached hydrogen (secondary N) is 2. The Morgan fingerprint density at radius 2 is 1.95 bits per heavy atom. The summed E-state index contributed by atoms with van der Waals surface area (Å²) in [6, 6.07) is 10.3. The number of anilines is 2. The average Bonchev–Trinajstić information content (AvgIpc) is 3.63. The summed E-state index contributed by atoms with van der Waals surface area (Å²) < 4.78 is 18.4. The Kier molecular flexibility index (Phi) is 9.24. The van der Waals surface area contributed by atoms with Gasteiger partial charge in [0.1, 0.15) is 29.9 Å². The molecular weight excluding hydrogens is 535 g/mol. The smallest absolute Gasteiger partial charge is 0.158 e. The third-order valence-electron chi connectivity index (χ3n) is 6.97. The van der Waals surface area contributed by atoms with Crippen molar-refractivity contribution in [2.24, 2.45) is 0 Å². The van der Waals surface area contributed by atoms with Gasteiger partial charge >= 0.3 is 0 Å². The molecule has 0 amide bonds. The molecule has 2 aromatic heterocycles. The average molecular weight is 566 g/mol. The molecule has 0 spiro atoms. The highest BCUT2D eigenvalue weighted by molar-refractivity contribution is 6.35. The van der Waals surface area contributed by atoms with Crippen LogP contribution in [0.2, 0.25) is 5.02 Å². The molecule has 4 aromatic rings. The molecule has 1 unspecified atom stereocenters. The van der Waals surface area contributed by atoms with Gasteiger partial charge in [-0.15, -0.1) is 24.8 Å². The molecule has 2 fully saturated rings. The van der Waals surface area contributed by atoms with Crippen LogP contribution < -0.4 is 20.1 Å². The lowest BCUT2D eigenvalue weighted by Crippen LogP contribution is -2.23. The molecule has 1 aliphatic carbocycles. The van der Waals surface area contributed by atoms with Crippen LogP contribution in [0.4, 0.5) is 11.5 Å². The predicted molar refractivity (Wildman–Crippen MR) is 153 cm³/mol. The van der Waals surface area contributed by atoms with Crippen molar-refractivity contribution in [3.63, 3.8) is 0 Å². The van der Waals surface area contributed by atoms with Gasteiger partial charge in [0.25, 0.3) is 0 Å². The zero-order valence-corrected chi connectivity index (χ0v) is 22.8. The molecule has 3 heterocycles. The minimum Gasteiger partial charge on any atom is -0.493 e. The first kappa shape index (κ1) is 27.6. The normalized spacial score (nSPS) is 17.5. The number of ether oxygens (including phenoxy) is 2. The van der Waals surface area contributed by atoms with Gasteiger partial charge in [-0.05, 0) is 63.6 Å². The van der Waals surface area contributed by atoms with Crippen molar-refractivity contribution in [2.75, 3.05) is 18.5 Å². The maximum atomic E-state index is 6.52. The maximum Gasteiger partial charge on any atom is 0.158 e. The van der Waals surface area contributed by atoms with Gasteiger partial charge in [0.2, 0.25) is 0 Å². The second-order valence-corrected chi connectivity index (χ2v) is 9.79. The van der Waals surface area contributed by atoms with Gasteiger partial charge in [-0.3, -0.25) is 0 Å². The van der Waals surface area contributed by atoms with Gasteiger partial charge < -0.3 is 24.5 Å². The zero-order valence-electron chi connectivity index (χ0n) is 20.4. The molecule has 1 saturated heterocycles. The van der Waals surface area contributed by atoms with E-state index in [2.05, 4.69) is 20.6 Å². The van der Waals surface area contributed by atoms with Crippen LogP contribution in [0.25, 0.3) is 21.9 Å². The maximum absolute atomic E-state index is 6.52. The number of hydrogen-bond donors (Lipinski definition) is 2. The molecule has 0 radical (unpaired) electrons. The quantitative estimate of drug-likeness (QED) is 0.229. The van der Waals surface area contributed by atoms with E-state index in [1.807, 2.05) is 30.3 Å². The molecule has 37 heavy (non-hydrogen) atoms. The minimum atomic E-state index is 0. The Morgan fingerprint density at radius 3 is 2.76 bits per heavy atom. The second-order valence-electron chi connectivity index (χ2n) is 9.38. The van der Waals surface area contributed by atoms with Crippen LogP contribution in [-0.2, 0) is 0 Å². The molecule has 1 saturated carbocycles. The van der Waals surface area contributed by atoms with Gasteiger partial charge in [-0.2, -0.15) is 0 Å². The Bertz CT molecular complexity index is 1340. The third-order valence-corrected chi connectivity index (χ3v) is 7.27. The van der Waals surface area contributed by atoms with Gasteiger partial charge in [0, 0.05) is 23.6 Å². The van der Waals surface area contributed by atoms with Crippen molar-refractivity contribution in [1.29, 1.82) is 0 Å². The summed E-state index contributed by atoms with van der Waals surface area (Å²) in [6.07, 6.45) is 11.2. The van der Waals surface area contributed by atoms with Crippen molar-refractivity contribution in [3.8, 4) is 11.5 Å². The SMILES string of the molecule is Cl.Cl.Clc1coc2c(Nc3ncnc4cc(OCCC5CCCN5)cc(OC5CCCC5)c34)cccc12. The van der Waals surface area contributed by atoms with Crippen LogP contribution >= 0.6 is 36.4 Å². The first-order valence-electron chi connectivity index (χ1n) is 12.5. The van der Waals surface area contributed by atoms with Crippen LogP contribution in [0, 0.1) is 0 Å². The highest BCUT2D eigenvalue weighted by Crippen LogP contribution is 2.39. The number of fused-ring (bicyclic) bond motifs is 2.